The van der Waals surface area contributed by atoms with Gasteiger partial charge in [0.15, 0.2) is 0 Å². The third-order valence-electron chi connectivity index (χ3n) is 7.67. The molecule has 5 rings (SSSR count). The van der Waals surface area contributed by atoms with E-state index in [1.165, 1.54) is 17.7 Å². The summed E-state index contributed by atoms with van der Waals surface area (Å²) in [7, 11) is 0. The van der Waals surface area contributed by atoms with Crippen molar-refractivity contribution in [3.05, 3.63) is 95.3 Å². The van der Waals surface area contributed by atoms with Crippen LogP contribution in [-0.4, -0.2) is 40.3 Å². The van der Waals surface area contributed by atoms with Gasteiger partial charge in [-0.1, -0.05) is 69.3 Å². The second-order valence-corrected chi connectivity index (χ2v) is 11.5. The molecule has 0 saturated carbocycles. The van der Waals surface area contributed by atoms with Gasteiger partial charge in [-0.25, -0.2) is 9.37 Å². The summed E-state index contributed by atoms with van der Waals surface area (Å²) in [6.45, 7) is 9.91. The normalized spacial score (nSPS) is 17.2. The van der Waals surface area contributed by atoms with Crippen LogP contribution in [0.4, 0.5) is 10.3 Å². The van der Waals surface area contributed by atoms with E-state index in [4.69, 9.17) is 4.98 Å². The molecule has 1 saturated heterocycles. The van der Waals surface area contributed by atoms with E-state index in [1.54, 1.807) is 0 Å². The van der Waals surface area contributed by atoms with Crippen molar-refractivity contribution in [1.82, 2.24) is 14.9 Å². The van der Waals surface area contributed by atoms with E-state index in [9.17, 15) is 9.50 Å². The van der Waals surface area contributed by atoms with E-state index in [-0.39, 0.29) is 17.3 Å². The van der Waals surface area contributed by atoms with E-state index < -0.39 is 6.10 Å². The fraction of sp³-hybridized carbons (Fsp3) is 0.406. The van der Waals surface area contributed by atoms with Crippen LogP contribution in [0.5, 0.6) is 0 Å². The highest BCUT2D eigenvalue weighted by molar-refractivity contribution is 5.79. The van der Waals surface area contributed by atoms with Crippen molar-refractivity contribution in [2.75, 3.05) is 24.5 Å². The largest absolute Gasteiger partial charge is 0.388 e. The van der Waals surface area contributed by atoms with Gasteiger partial charge in [-0.2, -0.15) is 0 Å². The number of fused-ring (bicyclic) bond motifs is 1. The van der Waals surface area contributed by atoms with Gasteiger partial charge in [0.05, 0.1) is 23.7 Å². The van der Waals surface area contributed by atoms with Gasteiger partial charge in [-0.05, 0) is 65.6 Å². The van der Waals surface area contributed by atoms with E-state index in [2.05, 4.69) is 72.0 Å². The first-order valence-corrected chi connectivity index (χ1v) is 13.8. The zero-order valence-electron chi connectivity index (χ0n) is 22.7. The number of nitrogens with zero attached hydrogens (tertiary/aromatic N) is 3. The van der Waals surface area contributed by atoms with Gasteiger partial charge in [-0.3, -0.25) is 0 Å². The number of imidazole rings is 1. The molecule has 1 aliphatic rings. The minimum atomic E-state index is -0.461. The highest BCUT2D eigenvalue weighted by atomic mass is 19.1. The zero-order valence-corrected chi connectivity index (χ0v) is 22.7. The van der Waals surface area contributed by atoms with Gasteiger partial charge < -0.3 is 19.9 Å². The summed E-state index contributed by atoms with van der Waals surface area (Å²) in [5.74, 6) is 0.735. The Morgan fingerprint density at radius 2 is 1.76 bits per heavy atom. The number of anilines is 1. The predicted molar refractivity (Wildman–Crippen MR) is 153 cm³/mol. The van der Waals surface area contributed by atoms with Crippen molar-refractivity contribution in [1.29, 1.82) is 0 Å². The quantitative estimate of drug-likeness (QED) is 0.294. The molecule has 1 aliphatic heterocycles. The number of hydrogen-bond donors (Lipinski definition) is 2. The van der Waals surface area contributed by atoms with E-state index in [0.29, 0.717) is 6.54 Å². The number of aromatic nitrogens is 2. The molecule has 4 aromatic rings. The Hall–Kier alpha value is -3.22. The molecule has 2 atom stereocenters. The minimum absolute atomic E-state index is 0.105. The first kappa shape index (κ1) is 26.4. The van der Waals surface area contributed by atoms with Crippen molar-refractivity contribution in [3.63, 3.8) is 0 Å². The number of para-hydroxylation sites is 2. The van der Waals surface area contributed by atoms with Gasteiger partial charge in [0, 0.05) is 25.7 Å². The topological polar surface area (TPSA) is 53.3 Å². The zero-order chi connectivity index (χ0) is 26.7. The van der Waals surface area contributed by atoms with E-state index in [1.807, 2.05) is 24.3 Å². The van der Waals surface area contributed by atoms with Gasteiger partial charge in [0.1, 0.15) is 5.82 Å². The first-order valence-electron chi connectivity index (χ1n) is 13.8. The summed E-state index contributed by atoms with van der Waals surface area (Å²) >= 11 is 0. The summed E-state index contributed by atoms with van der Waals surface area (Å²) in [4.78, 5) is 7.48. The second-order valence-electron chi connectivity index (χ2n) is 11.5. The minimum Gasteiger partial charge on any atom is -0.388 e. The average Bonchev–Trinajstić information content (AvgIpc) is 3.28. The fourth-order valence-electron chi connectivity index (χ4n) is 5.41. The van der Waals surface area contributed by atoms with Crippen LogP contribution >= 0.6 is 0 Å². The van der Waals surface area contributed by atoms with Crippen LogP contribution in [-0.2, 0) is 12.0 Å². The van der Waals surface area contributed by atoms with Crippen LogP contribution in [0, 0.1) is 5.82 Å². The predicted octanol–water partition coefficient (Wildman–Crippen LogP) is 6.20. The number of benzene rings is 3. The molecule has 2 unspecified atom stereocenters. The second kappa shape index (κ2) is 11.3. The number of halogens is 1. The number of hydrogen-bond acceptors (Lipinski definition) is 4. The van der Waals surface area contributed by atoms with Gasteiger partial charge in [0.2, 0.25) is 5.95 Å². The molecular weight excluding hydrogens is 475 g/mol. The van der Waals surface area contributed by atoms with E-state index in [0.717, 1.165) is 67.0 Å². The van der Waals surface area contributed by atoms with Crippen LogP contribution in [0.2, 0.25) is 0 Å². The molecule has 1 aromatic heterocycles. The molecule has 5 nitrogen and oxygen atoms in total. The fourth-order valence-corrected chi connectivity index (χ4v) is 5.41. The number of rotatable bonds is 8. The lowest BCUT2D eigenvalue weighted by Gasteiger charge is -2.37. The van der Waals surface area contributed by atoms with Gasteiger partial charge in [-0.15, -0.1) is 0 Å². The van der Waals surface area contributed by atoms with Crippen molar-refractivity contribution < 1.29 is 9.50 Å². The third kappa shape index (κ3) is 5.92. The number of nitrogens with one attached hydrogen (secondary N) is 1. The molecule has 0 radical (unpaired) electrons. The number of aliphatic hydroxyl groups excluding tert-OH is 1. The summed E-state index contributed by atoms with van der Waals surface area (Å²) in [5, 5.41) is 14.4. The smallest absolute Gasteiger partial charge is 0.207 e. The van der Waals surface area contributed by atoms with Crippen LogP contribution in [0.25, 0.3) is 11.0 Å². The lowest BCUT2D eigenvalue weighted by atomic mass is 9.86. The van der Waals surface area contributed by atoms with Crippen LogP contribution in [0.1, 0.15) is 62.8 Å². The Morgan fingerprint density at radius 1 is 1.03 bits per heavy atom. The molecule has 2 N–H and O–H groups in total. The SMILES string of the molecule is CC(C)(C)c1ccc(C(O)CCCC2CNCCN2c2nc3ccccc3n2Cc2ccc(F)cc2)cc1. The van der Waals surface area contributed by atoms with Gasteiger partial charge in [0.25, 0.3) is 0 Å². The molecule has 6 heteroatoms. The maximum atomic E-state index is 13.5. The number of aliphatic hydroxyl groups is 1. The summed E-state index contributed by atoms with van der Waals surface area (Å²) in [6, 6.07) is 23.6. The highest BCUT2D eigenvalue weighted by Gasteiger charge is 2.27. The Labute approximate surface area is 225 Å². The molecule has 200 valence electrons. The lowest BCUT2D eigenvalue weighted by Crippen LogP contribution is -2.52. The summed E-state index contributed by atoms with van der Waals surface area (Å²) in [6.07, 6.45) is 2.15. The standard InChI is InChI=1S/C32H39FN4O/c1-32(2,3)25-15-13-24(14-16-25)30(38)10-6-7-27-21-34-19-20-36(27)31-35-28-8-4-5-9-29(28)37(31)22-23-11-17-26(33)18-12-23/h4-5,8-9,11-18,27,30,34,38H,6-7,10,19-22H2,1-3H3. The van der Waals surface area contributed by atoms with Crippen LogP contribution in [0.3, 0.4) is 0 Å². The summed E-state index contributed by atoms with van der Waals surface area (Å²) < 4.78 is 15.8. The Balaban J connectivity index is 1.31. The average molecular weight is 515 g/mol. The molecule has 3 aromatic carbocycles. The van der Waals surface area contributed by atoms with Crippen LogP contribution < -0.4 is 10.2 Å². The molecule has 0 aliphatic carbocycles. The number of piperazine rings is 1. The van der Waals surface area contributed by atoms with Crippen molar-refractivity contribution in [3.8, 4) is 0 Å². The molecule has 2 heterocycles. The van der Waals surface area contributed by atoms with Crippen molar-refractivity contribution in [2.45, 2.75) is 64.1 Å². The monoisotopic (exact) mass is 514 g/mol. The Bertz CT molecular complexity index is 1340. The van der Waals surface area contributed by atoms with Crippen molar-refractivity contribution in [2.24, 2.45) is 0 Å². The maximum Gasteiger partial charge on any atom is 0.207 e. The molecule has 0 amide bonds. The Kier molecular flexibility index (Phi) is 7.82. The molecule has 0 spiro atoms. The van der Waals surface area contributed by atoms with E-state index >= 15 is 0 Å². The highest BCUT2D eigenvalue weighted by Crippen LogP contribution is 2.29. The maximum absolute atomic E-state index is 13.5. The first-order chi connectivity index (χ1) is 18.3. The van der Waals surface area contributed by atoms with Gasteiger partial charge >= 0.3 is 0 Å². The molecule has 0 bridgehead atoms. The van der Waals surface area contributed by atoms with Crippen molar-refractivity contribution >= 4 is 17.0 Å². The lowest BCUT2D eigenvalue weighted by molar-refractivity contribution is 0.162. The molecule has 1 fully saturated rings. The Morgan fingerprint density at radius 3 is 2.50 bits per heavy atom. The molecular formula is C32H39FN4O. The molecule has 38 heavy (non-hydrogen) atoms. The summed E-state index contributed by atoms with van der Waals surface area (Å²) in [5.41, 5.74) is 5.46. The van der Waals surface area contributed by atoms with Crippen LogP contribution in [0.15, 0.2) is 72.8 Å². The third-order valence-corrected chi connectivity index (χ3v) is 7.67.